The lowest BCUT2D eigenvalue weighted by molar-refractivity contribution is -0.384. The molecule has 3 rings (SSSR count). The van der Waals surface area contributed by atoms with Gasteiger partial charge in [0.2, 0.25) is 5.91 Å². The van der Waals surface area contributed by atoms with E-state index >= 15 is 0 Å². The van der Waals surface area contributed by atoms with Gasteiger partial charge in [-0.3, -0.25) is 19.7 Å². The molecule has 9 heteroatoms. The standard InChI is InChI=1S/C21H16IN3O4S/c22-15-7-9-16(10-8-15)23-20(26)13-30-19-6-2-4-17(12-19)24-21(27)14-3-1-5-18(11-14)25(28)29/h1-12H,13H2,(H,23,26)(H,24,27). The number of amides is 2. The zero-order valence-corrected chi connectivity index (χ0v) is 18.5. The predicted octanol–water partition coefficient (Wildman–Crippen LogP) is 5.18. The van der Waals surface area contributed by atoms with Crippen molar-refractivity contribution < 1.29 is 14.5 Å². The number of nitrogens with zero attached hydrogens (tertiary/aromatic N) is 1. The summed E-state index contributed by atoms with van der Waals surface area (Å²) in [6.07, 6.45) is 0. The summed E-state index contributed by atoms with van der Waals surface area (Å²) in [4.78, 5) is 35.7. The quantitative estimate of drug-likeness (QED) is 0.189. The van der Waals surface area contributed by atoms with Crippen LogP contribution >= 0.6 is 34.4 Å². The van der Waals surface area contributed by atoms with E-state index in [2.05, 4.69) is 33.2 Å². The largest absolute Gasteiger partial charge is 0.325 e. The number of non-ortho nitro benzene ring substituents is 1. The van der Waals surface area contributed by atoms with Crippen molar-refractivity contribution in [3.63, 3.8) is 0 Å². The van der Waals surface area contributed by atoms with Gasteiger partial charge in [0, 0.05) is 37.5 Å². The zero-order chi connectivity index (χ0) is 21.5. The number of hydrogen-bond acceptors (Lipinski definition) is 5. The van der Waals surface area contributed by atoms with Gasteiger partial charge >= 0.3 is 0 Å². The van der Waals surface area contributed by atoms with Crippen LogP contribution in [0.4, 0.5) is 17.1 Å². The Labute approximate surface area is 190 Å². The lowest BCUT2D eigenvalue weighted by Gasteiger charge is -2.08. The number of nitro benzene ring substituents is 1. The van der Waals surface area contributed by atoms with Crippen LogP contribution in [-0.4, -0.2) is 22.5 Å². The van der Waals surface area contributed by atoms with Crippen LogP contribution in [0.25, 0.3) is 0 Å². The maximum absolute atomic E-state index is 12.4. The van der Waals surface area contributed by atoms with Gasteiger partial charge in [0.25, 0.3) is 11.6 Å². The molecule has 0 aliphatic rings. The molecule has 7 nitrogen and oxygen atoms in total. The summed E-state index contributed by atoms with van der Waals surface area (Å²) in [6.45, 7) is 0. The number of hydrogen-bond donors (Lipinski definition) is 2. The van der Waals surface area contributed by atoms with Gasteiger partial charge in [-0.05, 0) is 71.1 Å². The summed E-state index contributed by atoms with van der Waals surface area (Å²) >= 11 is 3.54. The first-order valence-electron chi connectivity index (χ1n) is 8.75. The maximum Gasteiger partial charge on any atom is 0.270 e. The van der Waals surface area contributed by atoms with Crippen LogP contribution in [0.1, 0.15) is 10.4 Å². The van der Waals surface area contributed by atoms with Gasteiger partial charge in [-0.1, -0.05) is 12.1 Å². The molecule has 0 fully saturated rings. The van der Waals surface area contributed by atoms with Gasteiger partial charge in [0.1, 0.15) is 0 Å². The molecule has 2 amide bonds. The summed E-state index contributed by atoms with van der Waals surface area (Å²) in [5, 5.41) is 16.4. The van der Waals surface area contributed by atoms with Crippen molar-refractivity contribution in [3.05, 3.63) is 92.0 Å². The third kappa shape index (κ3) is 6.29. The maximum atomic E-state index is 12.4. The van der Waals surface area contributed by atoms with Crippen molar-refractivity contribution in [1.29, 1.82) is 0 Å². The summed E-state index contributed by atoms with van der Waals surface area (Å²) in [7, 11) is 0. The molecule has 0 unspecified atom stereocenters. The molecule has 152 valence electrons. The first-order valence-corrected chi connectivity index (χ1v) is 10.8. The highest BCUT2D eigenvalue weighted by Gasteiger charge is 2.12. The minimum atomic E-state index is -0.546. The molecule has 0 spiro atoms. The Morgan fingerprint density at radius 2 is 1.67 bits per heavy atom. The molecule has 0 saturated carbocycles. The van der Waals surface area contributed by atoms with Gasteiger partial charge in [-0.2, -0.15) is 0 Å². The first-order chi connectivity index (χ1) is 14.4. The van der Waals surface area contributed by atoms with Crippen molar-refractivity contribution >= 4 is 63.2 Å². The Kier molecular flexibility index (Phi) is 7.41. The minimum Gasteiger partial charge on any atom is -0.325 e. The normalized spacial score (nSPS) is 10.3. The van der Waals surface area contributed by atoms with Crippen molar-refractivity contribution in [2.24, 2.45) is 0 Å². The molecular weight excluding hydrogens is 517 g/mol. The number of halogens is 1. The van der Waals surface area contributed by atoms with Crippen LogP contribution in [0.3, 0.4) is 0 Å². The molecule has 0 aliphatic carbocycles. The topological polar surface area (TPSA) is 101 Å². The predicted molar refractivity (Wildman–Crippen MR) is 126 cm³/mol. The van der Waals surface area contributed by atoms with Crippen LogP contribution < -0.4 is 10.6 Å². The Hall–Kier alpha value is -2.92. The average Bonchev–Trinajstić information content (AvgIpc) is 2.74. The molecule has 0 atom stereocenters. The Morgan fingerprint density at radius 3 is 2.40 bits per heavy atom. The molecule has 0 saturated heterocycles. The van der Waals surface area contributed by atoms with E-state index in [4.69, 9.17) is 0 Å². The van der Waals surface area contributed by atoms with Gasteiger partial charge in [-0.25, -0.2) is 0 Å². The van der Waals surface area contributed by atoms with Crippen molar-refractivity contribution in [1.82, 2.24) is 0 Å². The Balaban J connectivity index is 1.58. The van der Waals surface area contributed by atoms with Crippen LogP contribution in [0, 0.1) is 13.7 Å². The number of anilines is 2. The fourth-order valence-corrected chi connectivity index (χ4v) is 3.62. The number of nitrogens with one attached hydrogen (secondary N) is 2. The highest BCUT2D eigenvalue weighted by Crippen LogP contribution is 2.23. The number of carbonyl (C=O) groups excluding carboxylic acids is 2. The number of benzene rings is 3. The zero-order valence-electron chi connectivity index (χ0n) is 15.5. The molecule has 0 aromatic heterocycles. The highest BCUT2D eigenvalue weighted by molar-refractivity contribution is 14.1. The van der Waals surface area contributed by atoms with E-state index in [1.54, 1.807) is 18.2 Å². The Morgan fingerprint density at radius 1 is 0.933 bits per heavy atom. The fourth-order valence-electron chi connectivity index (χ4n) is 2.51. The summed E-state index contributed by atoms with van der Waals surface area (Å²) in [5.74, 6) is -0.363. The molecule has 0 radical (unpaired) electrons. The van der Waals surface area contributed by atoms with Crippen LogP contribution in [0.5, 0.6) is 0 Å². The molecule has 0 heterocycles. The smallest absolute Gasteiger partial charge is 0.270 e. The molecule has 3 aromatic carbocycles. The molecule has 0 bridgehead atoms. The van der Waals surface area contributed by atoms with Gasteiger partial charge in [0.15, 0.2) is 0 Å². The summed E-state index contributed by atoms with van der Waals surface area (Å²) in [6, 6.07) is 20.1. The molecular formula is C21H16IN3O4S. The monoisotopic (exact) mass is 533 g/mol. The summed E-state index contributed by atoms with van der Waals surface area (Å²) in [5.41, 5.74) is 1.32. The molecule has 30 heavy (non-hydrogen) atoms. The molecule has 2 N–H and O–H groups in total. The second kappa shape index (κ2) is 10.2. The summed E-state index contributed by atoms with van der Waals surface area (Å²) < 4.78 is 1.09. The van der Waals surface area contributed by atoms with Crippen LogP contribution in [0.15, 0.2) is 77.7 Å². The molecule has 0 aliphatic heterocycles. The second-order valence-electron chi connectivity index (χ2n) is 6.13. The average molecular weight is 533 g/mol. The van der Waals surface area contributed by atoms with Crippen molar-refractivity contribution in [2.45, 2.75) is 4.90 Å². The first kappa shape index (κ1) is 21.8. The lowest BCUT2D eigenvalue weighted by atomic mass is 10.2. The van der Waals surface area contributed by atoms with E-state index < -0.39 is 10.8 Å². The minimum absolute atomic E-state index is 0.132. The number of rotatable bonds is 7. The molecule has 3 aromatic rings. The van der Waals surface area contributed by atoms with E-state index in [1.165, 1.54) is 36.0 Å². The van der Waals surface area contributed by atoms with E-state index in [0.717, 1.165) is 14.2 Å². The van der Waals surface area contributed by atoms with Crippen LogP contribution in [0.2, 0.25) is 0 Å². The van der Waals surface area contributed by atoms with E-state index in [0.29, 0.717) is 5.69 Å². The van der Waals surface area contributed by atoms with E-state index in [-0.39, 0.29) is 22.9 Å². The van der Waals surface area contributed by atoms with Gasteiger partial charge in [0.05, 0.1) is 10.7 Å². The second-order valence-corrected chi connectivity index (χ2v) is 8.43. The number of thioether (sulfide) groups is 1. The third-order valence-electron chi connectivity index (χ3n) is 3.91. The SMILES string of the molecule is O=C(CSc1cccc(NC(=O)c2cccc([N+](=O)[O-])c2)c1)Nc1ccc(I)cc1. The van der Waals surface area contributed by atoms with Crippen molar-refractivity contribution in [2.75, 3.05) is 16.4 Å². The van der Waals surface area contributed by atoms with Crippen molar-refractivity contribution in [3.8, 4) is 0 Å². The van der Waals surface area contributed by atoms with E-state index in [9.17, 15) is 19.7 Å². The van der Waals surface area contributed by atoms with Gasteiger partial charge in [-0.15, -0.1) is 11.8 Å². The fraction of sp³-hybridized carbons (Fsp3) is 0.0476. The third-order valence-corrected chi connectivity index (χ3v) is 5.62. The number of carbonyl (C=O) groups is 2. The highest BCUT2D eigenvalue weighted by atomic mass is 127. The Bertz CT molecular complexity index is 1090. The van der Waals surface area contributed by atoms with E-state index in [1.807, 2.05) is 30.3 Å². The number of nitro groups is 1. The lowest BCUT2D eigenvalue weighted by Crippen LogP contribution is -2.14. The van der Waals surface area contributed by atoms with Gasteiger partial charge < -0.3 is 10.6 Å². The van der Waals surface area contributed by atoms with Crippen LogP contribution in [-0.2, 0) is 4.79 Å².